The van der Waals surface area contributed by atoms with E-state index in [0.29, 0.717) is 0 Å². The van der Waals surface area contributed by atoms with E-state index in [1.807, 2.05) is 0 Å². The van der Waals surface area contributed by atoms with Crippen LogP contribution in [0.4, 0.5) is 0 Å². The first-order valence-electron chi connectivity index (χ1n) is 3.08. The van der Waals surface area contributed by atoms with E-state index in [2.05, 4.69) is 15.7 Å². The molecule has 0 aliphatic heterocycles. The lowest BCUT2D eigenvalue weighted by Gasteiger charge is -1.98. The molecule has 1 heterocycles. The Morgan fingerprint density at radius 1 is 1.73 bits per heavy atom. The molecule has 0 amide bonds. The molecule has 0 aromatic carbocycles. The Morgan fingerprint density at radius 2 is 2.45 bits per heavy atom. The number of carbonyl (C=O) groups excluding carboxylic acids is 1. The molecule has 0 fully saturated rings. The Balaban J connectivity index is 3.03. The van der Waals surface area contributed by atoms with Crippen molar-refractivity contribution in [2.75, 3.05) is 0 Å². The molecule has 0 aliphatic carbocycles. The Bertz CT molecular complexity index is 273. The zero-order valence-electron chi connectivity index (χ0n) is 6.07. The van der Waals surface area contributed by atoms with E-state index in [1.165, 1.54) is 6.20 Å². The van der Waals surface area contributed by atoms with E-state index >= 15 is 0 Å². The van der Waals surface area contributed by atoms with Crippen molar-refractivity contribution in [1.29, 1.82) is 0 Å². The Hall–Kier alpha value is -1.42. The van der Waals surface area contributed by atoms with Gasteiger partial charge in [0.05, 0.1) is 0 Å². The number of pyridine rings is 1. The zero-order valence-corrected chi connectivity index (χ0v) is 6.07. The van der Waals surface area contributed by atoms with Gasteiger partial charge in [-0.3, -0.25) is 0 Å². The van der Waals surface area contributed by atoms with Crippen LogP contribution in [0.2, 0.25) is 0 Å². The summed E-state index contributed by atoms with van der Waals surface area (Å²) in [5, 5.41) is 0. The van der Waals surface area contributed by atoms with Crippen molar-refractivity contribution in [3.05, 3.63) is 29.6 Å². The number of nitrogens with two attached hydrogens (primary N) is 1. The van der Waals surface area contributed by atoms with Crippen molar-refractivity contribution in [3.63, 3.8) is 0 Å². The van der Waals surface area contributed by atoms with Gasteiger partial charge < -0.3 is 4.84 Å². The van der Waals surface area contributed by atoms with Crippen LogP contribution in [-0.2, 0) is 4.84 Å². The molecule has 0 bridgehead atoms. The lowest BCUT2D eigenvalue weighted by atomic mass is 10.2. The van der Waals surface area contributed by atoms with Gasteiger partial charge in [0.15, 0.2) is 5.69 Å². The van der Waals surface area contributed by atoms with Crippen LogP contribution in [0.25, 0.3) is 0 Å². The van der Waals surface area contributed by atoms with Crippen molar-refractivity contribution < 1.29 is 9.63 Å². The highest BCUT2D eigenvalue weighted by Gasteiger charge is 2.09. The molecule has 11 heavy (non-hydrogen) atoms. The number of hydrogen-bond donors (Lipinski definition) is 1. The second-order valence-electron chi connectivity index (χ2n) is 2.07. The number of aromatic nitrogens is 1. The Morgan fingerprint density at radius 3 is 3.00 bits per heavy atom. The molecular weight excluding hydrogens is 144 g/mol. The van der Waals surface area contributed by atoms with Gasteiger partial charge in [0.1, 0.15) is 0 Å². The highest BCUT2D eigenvalue weighted by atomic mass is 16.7. The monoisotopic (exact) mass is 152 g/mol. The smallest absolute Gasteiger partial charge is 0.368 e. The second kappa shape index (κ2) is 3.12. The van der Waals surface area contributed by atoms with E-state index < -0.39 is 5.97 Å². The maximum absolute atomic E-state index is 10.8. The first-order chi connectivity index (χ1) is 5.25. The quantitative estimate of drug-likeness (QED) is 0.592. The average molecular weight is 152 g/mol. The molecular formula is C7H8N2O2. The first-order valence-corrected chi connectivity index (χ1v) is 3.08. The van der Waals surface area contributed by atoms with Gasteiger partial charge in [-0.2, -0.15) is 5.90 Å². The zero-order chi connectivity index (χ0) is 8.27. The van der Waals surface area contributed by atoms with E-state index in [4.69, 9.17) is 0 Å². The Kier molecular flexibility index (Phi) is 2.18. The van der Waals surface area contributed by atoms with Crippen LogP contribution in [0.5, 0.6) is 0 Å². The van der Waals surface area contributed by atoms with E-state index in [-0.39, 0.29) is 5.69 Å². The molecule has 1 rings (SSSR count). The van der Waals surface area contributed by atoms with Crippen LogP contribution in [-0.4, -0.2) is 11.0 Å². The van der Waals surface area contributed by atoms with Crippen molar-refractivity contribution >= 4 is 5.97 Å². The molecule has 1 aromatic rings. The van der Waals surface area contributed by atoms with Crippen LogP contribution in [0, 0.1) is 6.92 Å². The van der Waals surface area contributed by atoms with Gasteiger partial charge in [-0.25, -0.2) is 9.78 Å². The van der Waals surface area contributed by atoms with Gasteiger partial charge in [-0.15, -0.1) is 0 Å². The predicted octanol–water partition coefficient (Wildman–Crippen LogP) is 0.421. The van der Waals surface area contributed by atoms with Crippen LogP contribution < -0.4 is 5.90 Å². The van der Waals surface area contributed by atoms with Gasteiger partial charge >= 0.3 is 5.97 Å². The summed E-state index contributed by atoms with van der Waals surface area (Å²) in [6, 6.07) is 3.50. The molecule has 0 spiro atoms. The molecule has 0 saturated carbocycles. The second-order valence-corrected chi connectivity index (χ2v) is 2.07. The van der Waals surface area contributed by atoms with Crippen molar-refractivity contribution in [3.8, 4) is 0 Å². The summed E-state index contributed by atoms with van der Waals surface area (Å²) >= 11 is 0. The average Bonchev–Trinajstić information content (AvgIpc) is 2.04. The highest BCUT2D eigenvalue weighted by molar-refractivity contribution is 5.88. The van der Waals surface area contributed by atoms with Gasteiger partial charge in [0.25, 0.3) is 0 Å². The fraction of sp³-hybridized carbons (Fsp3) is 0.143. The van der Waals surface area contributed by atoms with Crippen LogP contribution in [0.3, 0.4) is 0 Å². The predicted molar refractivity (Wildman–Crippen MR) is 38.6 cm³/mol. The molecule has 0 aliphatic rings. The fourth-order valence-corrected chi connectivity index (χ4v) is 0.755. The van der Waals surface area contributed by atoms with E-state index in [1.54, 1.807) is 19.1 Å². The third-order valence-corrected chi connectivity index (χ3v) is 1.31. The number of nitrogens with zero attached hydrogens (tertiary/aromatic N) is 1. The molecule has 0 radical (unpaired) electrons. The summed E-state index contributed by atoms with van der Waals surface area (Å²) in [5.41, 5.74) is 1.01. The first kappa shape index (κ1) is 7.68. The third kappa shape index (κ3) is 1.53. The SMILES string of the molecule is Cc1cccnc1C(=O)ON. The molecule has 4 nitrogen and oxygen atoms in total. The minimum Gasteiger partial charge on any atom is -0.368 e. The minimum absolute atomic E-state index is 0.259. The maximum Gasteiger partial charge on any atom is 0.375 e. The summed E-state index contributed by atoms with van der Waals surface area (Å²) < 4.78 is 0. The lowest BCUT2D eigenvalue weighted by Crippen LogP contribution is -2.13. The Labute approximate surface area is 63.9 Å². The number of hydrogen-bond acceptors (Lipinski definition) is 4. The maximum atomic E-state index is 10.8. The lowest BCUT2D eigenvalue weighted by molar-refractivity contribution is 0.0495. The number of rotatable bonds is 1. The molecule has 0 atom stereocenters. The van der Waals surface area contributed by atoms with Crippen LogP contribution in [0.15, 0.2) is 18.3 Å². The van der Waals surface area contributed by atoms with Gasteiger partial charge in [0, 0.05) is 6.20 Å². The molecule has 1 aromatic heterocycles. The summed E-state index contributed by atoms with van der Waals surface area (Å²) in [7, 11) is 0. The van der Waals surface area contributed by atoms with Crippen molar-refractivity contribution in [2.45, 2.75) is 6.92 Å². The largest absolute Gasteiger partial charge is 0.375 e. The van der Waals surface area contributed by atoms with Gasteiger partial charge in [-0.1, -0.05) is 6.07 Å². The normalized spacial score (nSPS) is 9.27. The van der Waals surface area contributed by atoms with E-state index in [0.717, 1.165) is 5.56 Å². The molecule has 58 valence electrons. The number of carbonyl (C=O) groups is 1. The van der Waals surface area contributed by atoms with Crippen LogP contribution in [0.1, 0.15) is 16.1 Å². The van der Waals surface area contributed by atoms with Crippen molar-refractivity contribution in [2.24, 2.45) is 5.90 Å². The minimum atomic E-state index is -0.608. The summed E-state index contributed by atoms with van der Waals surface area (Å²) in [4.78, 5) is 18.6. The topological polar surface area (TPSA) is 65.2 Å². The summed E-state index contributed by atoms with van der Waals surface area (Å²) in [6.07, 6.45) is 1.51. The van der Waals surface area contributed by atoms with Gasteiger partial charge in [0.2, 0.25) is 0 Å². The third-order valence-electron chi connectivity index (χ3n) is 1.31. The fourth-order valence-electron chi connectivity index (χ4n) is 0.755. The summed E-state index contributed by atoms with van der Waals surface area (Å²) in [6.45, 7) is 1.76. The van der Waals surface area contributed by atoms with Crippen LogP contribution >= 0.6 is 0 Å². The molecule has 2 N–H and O–H groups in total. The van der Waals surface area contributed by atoms with E-state index in [9.17, 15) is 4.79 Å². The van der Waals surface area contributed by atoms with Gasteiger partial charge in [-0.05, 0) is 18.6 Å². The molecule has 0 saturated heterocycles. The number of aryl methyl sites for hydroxylation is 1. The van der Waals surface area contributed by atoms with Crippen molar-refractivity contribution in [1.82, 2.24) is 4.98 Å². The highest BCUT2D eigenvalue weighted by Crippen LogP contribution is 2.02. The molecule has 0 unspecified atom stereocenters. The standard InChI is InChI=1S/C7H8N2O2/c1-5-3-2-4-9-6(5)7(10)11-8/h2-4H,8H2,1H3. The summed E-state index contributed by atoms with van der Waals surface area (Å²) in [5.74, 6) is 4.08. The molecule has 4 heteroatoms.